The molecule has 0 fully saturated rings. The van der Waals surface area contributed by atoms with Gasteiger partial charge in [0.05, 0.1) is 12.2 Å². The van der Waals surface area contributed by atoms with E-state index in [9.17, 15) is 8.78 Å². The van der Waals surface area contributed by atoms with Crippen molar-refractivity contribution in [2.45, 2.75) is 31.7 Å². The second-order valence-corrected chi connectivity index (χ2v) is 5.32. The van der Waals surface area contributed by atoms with Crippen LogP contribution in [0.1, 0.15) is 29.5 Å². The third-order valence-electron chi connectivity index (χ3n) is 3.03. The minimum absolute atomic E-state index is 0.253. The molecule has 0 saturated heterocycles. The maximum absolute atomic E-state index is 12.3. The quantitative estimate of drug-likeness (QED) is 0.902. The van der Waals surface area contributed by atoms with Gasteiger partial charge in [0.1, 0.15) is 0 Å². The Balaban J connectivity index is 2.18. The molecule has 3 nitrogen and oxygen atoms in total. The zero-order valence-electron chi connectivity index (χ0n) is 10.0. The van der Waals surface area contributed by atoms with Crippen molar-refractivity contribution >= 4 is 16.5 Å². The van der Waals surface area contributed by atoms with Crippen LogP contribution >= 0.6 is 11.3 Å². The van der Waals surface area contributed by atoms with Gasteiger partial charge in [-0.2, -0.15) is 0 Å². The predicted octanol–water partition coefficient (Wildman–Crippen LogP) is 2.44. The molecule has 1 aliphatic rings. The lowest BCUT2D eigenvalue weighted by Gasteiger charge is -2.19. The zero-order chi connectivity index (χ0) is 12.4. The van der Waals surface area contributed by atoms with Crippen LogP contribution < -0.4 is 10.2 Å². The summed E-state index contributed by atoms with van der Waals surface area (Å²) < 4.78 is 24.6. The standard InChI is InChI=1S/C11H17F2N3S/c1-14-7-4-3-5-8-10(7)17-11(15-8)16(2)6-9(12)13/h7,9,14H,3-6H2,1-2H3. The van der Waals surface area contributed by atoms with Crippen molar-refractivity contribution in [2.75, 3.05) is 25.5 Å². The van der Waals surface area contributed by atoms with Gasteiger partial charge in [0.2, 0.25) is 0 Å². The first-order chi connectivity index (χ1) is 8.11. The number of hydrogen-bond donors (Lipinski definition) is 1. The molecule has 0 radical (unpaired) electrons. The molecule has 1 aromatic heterocycles. The van der Waals surface area contributed by atoms with Crippen molar-refractivity contribution in [2.24, 2.45) is 0 Å². The fourth-order valence-corrected chi connectivity index (χ4v) is 3.36. The Morgan fingerprint density at radius 2 is 2.35 bits per heavy atom. The summed E-state index contributed by atoms with van der Waals surface area (Å²) in [7, 11) is 3.60. The maximum Gasteiger partial charge on any atom is 0.255 e. The average Bonchev–Trinajstić information content (AvgIpc) is 2.71. The van der Waals surface area contributed by atoms with Crippen LogP contribution in [0.5, 0.6) is 0 Å². The van der Waals surface area contributed by atoms with E-state index in [1.54, 1.807) is 11.9 Å². The number of nitrogens with one attached hydrogen (secondary N) is 1. The van der Waals surface area contributed by atoms with E-state index >= 15 is 0 Å². The van der Waals surface area contributed by atoms with Gasteiger partial charge in [-0.05, 0) is 26.3 Å². The molecule has 0 aliphatic heterocycles. The number of anilines is 1. The number of aryl methyl sites for hydroxylation is 1. The van der Waals surface area contributed by atoms with Gasteiger partial charge in [-0.3, -0.25) is 0 Å². The summed E-state index contributed by atoms with van der Waals surface area (Å²) in [4.78, 5) is 7.23. The highest BCUT2D eigenvalue weighted by molar-refractivity contribution is 7.15. The molecule has 0 saturated carbocycles. The van der Waals surface area contributed by atoms with Crippen molar-refractivity contribution in [3.63, 3.8) is 0 Å². The van der Waals surface area contributed by atoms with Crippen molar-refractivity contribution < 1.29 is 8.78 Å². The molecule has 0 bridgehead atoms. The molecular weight excluding hydrogens is 244 g/mol. The molecule has 96 valence electrons. The minimum atomic E-state index is -2.32. The van der Waals surface area contributed by atoms with E-state index in [4.69, 9.17) is 0 Å². The Hall–Kier alpha value is -0.750. The van der Waals surface area contributed by atoms with Crippen molar-refractivity contribution in [1.29, 1.82) is 0 Å². The third-order valence-corrected chi connectivity index (χ3v) is 4.35. The largest absolute Gasteiger partial charge is 0.345 e. The molecule has 1 aliphatic carbocycles. The number of aromatic nitrogens is 1. The van der Waals surface area contributed by atoms with Gasteiger partial charge < -0.3 is 10.2 Å². The van der Waals surface area contributed by atoms with Crippen molar-refractivity contribution in [3.8, 4) is 0 Å². The van der Waals surface area contributed by atoms with Gasteiger partial charge in [-0.15, -0.1) is 0 Å². The number of nitrogens with zero attached hydrogens (tertiary/aromatic N) is 2. The van der Waals surface area contributed by atoms with Gasteiger partial charge >= 0.3 is 0 Å². The van der Waals surface area contributed by atoms with E-state index in [1.165, 1.54) is 16.2 Å². The summed E-state index contributed by atoms with van der Waals surface area (Å²) in [6.45, 7) is -0.253. The number of alkyl halides is 2. The second kappa shape index (κ2) is 5.27. The molecule has 1 heterocycles. The van der Waals surface area contributed by atoms with Crippen LogP contribution in [0, 0.1) is 0 Å². The van der Waals surface area contributed by atoms with Crippen LogP contribution in [-0.4, -0.2) is 32.0 Å². The Morgan fingerprint density at radius 1 is 1.59 bits per heavy atom. The van der Waals surface area contributed by atoms with E-state index in [2.05, 4.69) is 10.3 Å². The number of hydrogen-bond acceptors (Lipinski definition) is 4. The van der Waals surface area contributed by atoms with E-state index < -0.39 is 6.43 Å². The molecule has 1 unspecified atom stereocenters. The van der Waals surface area contributed by atoms with E-state index in [0.717, 1.165) is 25.0 Å². The van der Waals surface area contributed by atoms with Gasteiger partial charge in [0.25, 0.3) is 6.43 Å². The van der Waals surface area contributed by atoms with Crippen LogP contribution in [0.25, 0.3) is 0 Å². The normalized spacial score (nSPS) is 19.5. The highest BCUT2D eigenvalue weighted by Crippen LogP contribution is 2.37. The number of halogens is 2. The highest BCUT2D eigenvalue weighted by atomic mass is 32.1. The fraction of sp³-hybridized carbons (Fsp3) is 0.727. The molecule has 6 heteroatoms. The molecular formula is C11H17F2N3S. The first-order valence-electron chi connectivity index (χ1n) is 5.78. The summed E-state index contributed by atoms with van der Waals surface area (Å²) in [6, 6.07) is 0.338. The lowest BCUT2D eigenvalue weighted by molar-refractivity contribution is 0.156. The topological polar surface area (TPSA) is 28.2 Å². The smallest absolute Gasteiger partial charge is 0.255 e. The van der Waals surface area contributed by atoms with Crippen LogP contribution in [-0.2, 0) is 6.42 Å². The van der Waals surface area contributed by atoms with Crippen molar-refractivity contribution in [3.05, 3.63) is 10.6 Å². The molecule has 1 atom stereocenters. The fourth-order valence-electron chi connectivity index (χ4n) is 2.13. The molecule has 1 aromatic rings. The zero-order valence-corrected chi connectivity index (χ0v) is 10.9. The summed E-state index contributed by atoms with van der Waals surface area (Å²) >= 11 is 1.54. The van der Waals surface area contributed by atoms with Crippen molar-refractivity contribution in [1.82, 2.24) is 10.3 Å². The van der Waals surface area contributed by atoms with Gasteiger partial charge in [-0.1, -0.05) is 11.3 Å². The van der Waals surface area contributed by atoms with Crippen LogP contribution in [0.2, 0.25) is 0 Å². The molecule has 2 rings (SSSR count). The monoisotopic (exact) mass is 261 g/mol. The minimum Gasteiger partial charge on any atom is -0.345 e. The summed E-state index contributed by atoms with van der Waals surface area (Å²) in [5, 5.41) is 3.96. The lowest BCUT2D eigenvalue weighted by Crippen LogP contribution is -2.23. The van der Waals surface area contributed by atoms with E-state index in [1.807, 2.05) is 7.05 Å². The Bertz CT molecular complexity index is 381. The Morgan fingerprint density at radius 3 is 3.00 bits per heavy atom. The molecule has 0 aromatic carbocycles. The number of fused-ring (bicyclic) bond motifs is 1. The second-order valence-electron chi connectivity index (χ2n) is 4.31. The first-order valence-corrected chi connectivity index (χ1v) is 6.59. The summed E-state index contributed by atoms with van der Waals surface area (Å²) in [5.74, 6) is 0. The van der Waals surface area contributed by atoms with E-state index in [-0.39, 0.29) is 6.54 Å². The summed E-state index contributed by atoms with van der Waals surface area (Å²) in [6.07, 6.45) is 0.859. The Kier molecular flexibility index (Phi) is 3.93. The van der Waals surface area contributed by atoms with Gasteiger partial charge in [0.15, 0.2) is 5.13 Å². The third kappa shape index (κ3) is 2.74. The van der Waals surface area contributed by atoms with Gasteiger partial charge in [-0.25, -0.2) is 13.8 Å². The van der Waals surface area contributed by atoms with E-state index in [0.29, 0.717) is 11.2 Å². The van der Waals surface area contributed by atoms with Crippen LogP contribution in [0.3, 0.4) is 0 Å². The maximum atomic E-state index is 12.3. The van der Waals surface area contributed by atoms with Crippen LogP contribution in [0.15, 0.2) is 0 Å². The molecule has 1 N–H and O–H groups in total. The molecule has 0 amide bonds. The number of thiazole rings is 1. The average molecular weight is 261 g/mol. The predicted molar refractivity (Wildman–Crippen MR) is 66.1 cm³/mol. The number of rotatable bonds is 4. The molecule has 0 spiro atoms. The summed E-state index contributed by atoms with van der Waals surface area (Å²) in [5.41, 5.74) is 1.08. The first kappa shape index (κ1) is 12.7. The van der Waals surface area contributed by atoms with Crippen LogP contribution in [0.4, 0.5) is 13.9 Å². The molecule has 17 heavy (non-hydrogen) atoms. The Labute approximate surface area is 104 Å². The lowest BCUT2D eigenvalue weighted by atomic mass is 9.98. The SMILES string of the molecule is CNC1CCCc2nc(N(C)CC(F)F)sc21. The highest BCUT2D eigenvalue weighted by Gasteiger charge is 2.24. The van der Waals surface area contributed by atoms with Gasteiger partial charge in [0, 0.05) is 18.0 Å².